The lowest BCUT2D eigenvalue weighted by molar-refractivity contribution is 0.144. The summed E-state index contributed by atoms with van der Waals surface area (Å²) >= 11 is 0. The molecule has 0 radical (unpaired) electrons. The molecule has 0 aliphatic carbocycles. The molecule has 2 unspecified atom stereocenters. The summed E-state index contributed by atoms with van der Waals surface area (Å²) in [4.78, 5) is 2.29. The van der Waals surface area contributed by atoms with E-state index in [0.29, 0.717) is 6.04 Å². The summed E-state index contributed by atoms with van der Waals surface area (Å²) in [7, 11) is 0. The quantitative estimate of drug-likeness (QED) is 0.854. The van der Waals surface area contributed by atoms with Crippen molar-refractivity contribution in [1.82, 2.24) is 4.90 Å². The number of nitrogens with zero attached hydrogens (tertiary/aromatic N) is 1. The van der Waals surface area contributed by atoms with Crippen LogP contribution < -0.4 is 5.73 Å². The second-order valence-corrected chi connectivity index (χ2v) is 4.78. The Bertz CT molecular complexity index is 350. The standard InChI is InChI=1S/C14H23FN2/c1-5-17(10(2)3)14(11(4)16)12-7-6-8-13(15)9-12/h6-11,14H,5,16H2,1-4H3. The Hall–Kier alpha value is -0.930. The van der Waals surface area contributed by atoms with Gasteiger partial charge in [0, 0.05) is 18.1 Å². The molecule has 0 spiro atoms. The molecule has 0 aliphatic rings. The van der Waals surface area contributed by atoms with Crippen molar-refractivity contribution in [2.75, 3.05) is 6.54 Å². The third kappa shape index (κ3) is 3.51. The Morgan fingerprint density at radius 2 is 1.94 bits per heavy atom. The molecule has 0 amide bonds. The van der Waals surface area contributed by atoms with E-state index in [1.165, 1.54) is 6.07 Å². The van der Waals surface area contributed by atoms with Gasteiger partial charge in [0.2, 0.25) is 0 Å². The van der Waals surface area contributed by atoms with E-state index in [9.17, 15) is 4.39 Å². The predicted octanol–water partition coefficient (Wildman–Crippen LogP) is 2.94. The van der Waals surface area contributed by atoms with Crippen molar-refractivity contribution in [3.05, 3.63) is 35.6 Å². The summed E-state index contributed by atoms with van der Waals surface area (Å²) in [5, 5.41) is 0. The van der Waals surface area contributed by atoms with Crippen LogP contribution in [0.1, 0.15) is 39.3 Å². The lowest BCUT2D eigenvalue weighted by Gasteiger charge is -2.36. The van der Waals surface area contributed by atoms with Crippen molar-refractivity contribution in [2.45, 2.75) is 45.8 Å². The van der Waals surface area contributed by atoms with E-state index in [-0.39, 0.29) is 17.9 Å². The van der Waals surface area contributed by atoms with Crippen molar-refractivity contribution >= 4 is 0 Å². The van der Waals surface area contributed by atoms with Crippen molar-refractivity contribution in [1.29, 1.82) is 0 Å². The molecule has 1 aromatic carbocycles. The first-order valence-corrected chi connectivity index (χ1v) is 6.24. The first kappa shape index (κ1) is 14.1. The Balaban J connectivity index is 3.08. The van der Waals surface area contributed by atoms with Gasteiger partial charge in [0.25, 0.3) is 0 Å². The summed E-state index contributed by atoms with van der Waals surface area (Å²) in [6.45, 7) is 9.26. The van der Waals surface area contributed by atoms with E-state index >= 15 is 0 Å². The average molecular weight is 238 g/mol. The maximum Gasteiger partial charge on any atom is 0.123 e. The first-order chi connectivity index (χ1) is 7.97. The van der Waals surface area contributed by atoms with Gasteiger partial charge in [-0.05, 0) is 45.0 Å². The van der Waals surface area contributed by atoms with Crippen LogP contribution in [0, 0.1) is 5.82 Å². The minimum Gasteiger partial charge on any atom is -0.326 e. The zero-order valence-electron chi connectivity index (χ0n) is 11.2. The van der Waals surface area contributed by atoms with Crippen LogP contribution in [0.3, 0.4) is 0 Å². The van der Waals surface area contributed by atoms with Crippen LogP contribution in [0.5, 0.6) is 0 Å². The second kappa shape index (κ2) is 6.12. The van der Waals surface area contributed by atoms with Gasteiger partial charge >= 0.3 is 0 Å². The fourth-order valence-electron chi connectivity index (χ4n) is 2.37. The Morgan fingerprint density at radius 3 is 2.35 bits per heavy atom. The van der Waals surface area contributed by atoms with Gasteiger partial charge < -0.3 is 5.73 Å². The third-order valence-corrected chi connectivity index (χ3v) is 3.07. The molecule has 2 nitrogen and oxygen atoms in total. The van der Waals surface area contributed by atoms with Crippen molar-refractivity contribution in [3.8, 4) is 0 Å². The molecule has 0 saturated heterocycles. The highest BCUT2D eigenvalue weighted by atomic mass is 19.1. The number of rotatable bonds is 5. The molecule has 0 bridgehead atoms. The largest absolute Gasteiger partial charge is 0.326 e. The molecule has 0 saturated carbocycles. The van der Waals surface area contributed by atoms with Crippen LogP contribution in [0.4, 0.5) is 4.39 Å². The van der Waals surface area contributed by atoms with E-state index in [1.807, 2.05) is 13.0 Å². The topological polar surface area (TPSA) is 29.3 Å². The molecule has 2 atom stereocenters. The minimum absolute atomic E-state index is 0.0286. The number of hydrogen-bond donors (Lipinski definition) is 1. The summed E-state index contributed by atoms with van der Waals surface area (Å²) in [5.74, 6) is -0.201. The highest BCUT2D eigenvalue weighted by molar-refractivity contribution is 5.22. The van der Waals surface area contributed by atoms with Gasteiger partial charge in [-0.3, -0.25) is 4.90 Å². The highest BCUT2D eigenvalue weighted by Gasteiger charge is 2.25. The molecule has 0 aliphatic heterocycles. The minimum atomic E-state index is -0.201. The van der Waals surface area contributed by atoms with Gasteiger partial charge in [-0.2, -0.15) is 0 Å². The summed E-state index contributed by atoms with van der Waals surface area (Å²) in [6, 6.07) is 7.16. The van der Waals surface area contributed by atoms with Crippen molar-refractivity contribution in [2.24, 2.45) is 5.73 Å². The van der Waals surface area contributed by atoms with Crippen LogP contribution in [0.15, 0.2) is 24.3 Å². The number of benzene rings is 1. The molecule has 0 heterocycles. The fourth-order valence-corrected chi connectivity index (χ4v) is 2.37. The van der Waals surface area contributed by atoms with E-state index < -0.39 is 0 Å². The van der Waals surface area contributed by atoms with Gasteiger partial charge in [0.15, 0.2) is 0 Å². The van der Waals surface area contributed by atoms with Crippen molar-refractivity contribution < 1.29 is 4.39 Å². The maximum atomic E-state index is 13.3. The molecular weight excluding hydrogens is 215 g/mol. The van der Waals surface area contributed by atoms with Crippen LogP contribution >= 0.6 is 0 Å². The maximum absolute atomic E-state index is 13.3. The van der Waals surface area contributed by atoms with Crippen LogP contribution in [0.2, 0.25) is 0 Å². The molecule has 2 N–H and O–H groups in total. The Morgan fingerprint density at radius 1 is 1.29 bits per heavy atom. The lowest BCUT2D eigenvalue weighted by atomic mass is 9.98. The predicted molar refractivity (Wildman–Crippen MR) is 70.3 cm³/mol. The molecule has 1 aromatic rings. The Kier molecular flexibility index (Phi) is 5.09. The van der Waals surface area contributed by atoms with E-state index in [1.54, 1.807) is 12.1 Å². The summed E-state index contributed by atoms with van der Waals surface area (Å²) in [5.41, 5.74) is 7.02. The third-order valence-electron chi connectivity index (χ3n) is 3.07. The summed E-state index contributed by atoms with van der Waals surface area (Å²) < 4.78 is 13.3. The Labute approximate surface area is 104 Å². The summed E-state index contributed by atoms with van der Waals surface area (Å²) in [6.07, 6.45) is 0. The van der Waals surface area contributed by atoms with Crippen molar-refractivity contribution in [3.63, 3.8) is 0 Å². The van der Waals surface area contributed by atoms with Gasteiger partial charge in [-0.15, -0.1) is 0 Å². The molecule has 96 valence electrons. The van der Waals surface area contributed by atoms with Gasteiger partial charge in [-0.1, -0.05) is 19.1 Å². The molecule has 0 aromatic heterocycles. The molecule has 0 fully saturated rings. The first-order valence-electron chi connectivity index (χ1n) is 6.24. The SMILES string of the molecule is CCN(C(C)C)C(c1cccc(F)c1)C(C)N. The molecule has 3 heteroatoms. The number of likely N-dealkylation sites (N-methyl/N-ethyl adjacent to an activating group) is 1. The number of nitrogens with two attached hydrogens (primary N) is 1. The highest BCUT2D eigenvalue weighted by Crippen LogP contribution is 2.25. The van der Waals surface area contributed by atoms with Gasteiger partial charge in [-0.25, -0.2) is 4.39 Å². The normalized spacial score (nSPS) is 15.3. The van der Waals surface area contributed by atoms with E-state index in [2.05, 4.69) is 25.7 Å². The number of hydrogen-bond acceptors (Lipinski definition) is 2. The van der Waals surface area contributed by atoms with Gasteiger partial charge in [0.1, 0.15) is 5.82 Å². The zero-order chi connectivity index (χ0) is 13.0. The average Bonchev–Trinajstić information content (AvgIpc) is 2.24. The van der Waals surface area contributed by atoms with Crippen LogP contribution in [-0.2, 0) is 0 Å². The van der Waals surface area contributed by atoms with E-state index in [4.69, 9.17) is 5.73 Å². The van der Waals surface area contributed by atoms with E-state index in [0.717, 1.165) is 12.1 Å². The van der Waals surface area contributed by atoms with Gasteiger partial charge in [0.05, 0.1) is 0 Å². The monoisotopic (exact) mass is 238 g/mol. The molecular formula is C14H23FN2. The number of halogens is 1. The molecule has 17 heavy (non-hydrogen) atoms. The molecule has 1 rings (SSSR count). The smallest absolute Gasteiger partial charge is 0.123 e. The van der Waals surface area contributed by atoms with Crippen LogP contribution in [-0.4, -0.2) is 23.5 Å². The fraction of sp³-hybridized carbons (Fsp3) is 0.571. The van der Waals surface area contributed by atoms with Crippen LogP contribution in [0.25, 0.3) is 0 Å². The second-order valence-electron chi connectivity index (χ2n) is 4.78. The lowest BCUT2D eigenvalue weighted by Crippen LogP contribution is -2.43. The zero-order valence-corrected chi connectivity index (χ0v) is 11.2.